The molecule has 0 radical (unpaired) electrons. The Morgan fingerprint density at radius 2 is 1.63 bits per heavy atom. The molecule has 0 heterocycles. The molecule has 104 valence electrons. The summed E-state index contributed by atoms with van der Waals surface area (Å²) in [6.45, 7) is 2.51. The lowest BCUT2D eigenvalue weighted by Crippen LogP contribution is -2.57. The highest BCUT2D eigenvalue weighted by Gasteiger charge is 2.59. The molecular formula is C12H14O6S. The first-order valence-corrected chi connectivity index (χ1v) is 6.90. The second-order valence-corrected chi connectivity index (χ2v) is 5.96. The second kappa shape index (κ2) is 5.10. The number of benzene rings is 1. The van der Waals surface area contributed by atoms with E-state index in [1.54, 1.807) is 6.07 Å². The first-order valence-electron chi connectivity index (χ1n) is 5.46. The maximum Gasteiger partial charge on any atom is 0.336 e. The van der Waals surface area contributed by atoms with E-state index in [2.05, 4.69) is 0 Å². The molecule has 0 aliphatic rings. The zero-order valence-electron chi connectivity index (χ0n) is 10.4. The van der Waals surface area contributed by atoms with Crippen LogP contribution in [0.1, 0.15) is 24.2 Å². The van der Waals surface area contributed by atoms with Crippen LogP contribution < -0.4 is 0 Å². The largest absolute Gasteiger partial charge is 0.480 e. The summed E-state index contributed by atoms with van der Waals surface area (Å²) in [6, 6.07) is 7.15. The molecule has 0 aromatic heterocycles. The van der Waals surface area contributed by atoms with Gasteiger partial charge < -0.3 is 5.11 Å². The predicted molar refractivity (Wildman–Crippen MR) is 67.5 cm³/mol. The van der Waals surface area contributed by atoms with Gasteiger partial charge in [0.25, 0.3) is 14.9 Å². The zero-order chi connectivity index (χ0) is 14.8. The Morgan fingerprint density at radius 1 is 1.16 bits per heavy atom. The molecular weight excluding hydrogens is 272 g/mol. The number of aliphatic carboxylic acids is 1. The first kappa shape index (κ1) is 15.3. The maximum atomic E-state index is 12.3. The number of carboxylic acids is 1. The Morgan fingerprint density at radius 3 is 1.95 bits per heavy atom. The number of ketones is 1. The SMILES string of the molecule is CC(C)[C@@](C(=O)O)(C(=O)c1ccccc1)S(=O)(=O)O. The molecule has 1 aromatic rings. The molecule has 19 heavy (non-hydrogen) atoms. The van der Waals surface area contributed by atoms with E-state index in [4.69, 9.17) is 0 Å². The number of hydrogen-bond acceptors (Lipinski definition) is 4. The van der Waals surface area contributed by atoms with Crippen molar-refractivity contribution in [3.63, 3.8) is 0 Å². The Bertz CT molecular complexity index is 590. The first-order chi connectivity index (χ1) is 8.65. The van der Waals surface area contributed by atoms with Crippen molar-refractivity contribution >= 4 is 21.9 Å². The molecule has 7 heteroatoms. The minimum absolute atomic E-state index is 0.0868. The Labute approximate surface area is 110 Å². The van der Waals surface area contributed by atoms with Crippen molar-refractivity contribution in [1.29, 1.82) is 0 Å². The summed E-state index contributed by atoms with van der Waals surface area (Å²) >= 11 is 0. The highest BCUT2D eigenvalue weighted by atomic mass is 32.2. The fourth-order valence-electron chi connectivity index (χ4n) is 1.94. The van der Waals surface area contributed by atoms with E-state index in [0.717, 1.165) is 0 Å². The summed E-state index contributed by atoms with van der Waals surface area (Å²) in [7, 11) is -5.12. The second-order valence-electron chi connectivity index (χ2n) is 4.37. The molecule has 0 aliphatic carbocycles. The Balaban J connectivity index is 3.59. The summed E-state index contributed by atoms with van der Waals surface area (Å²) < 4.78 is 29.4. The number of hydrogen-bond donors (Lipinski definition) is 2. The van der Waals surface area contributed by atoms with E-state index in [9.17, 15) is 27.7 Å². The summed E-state index contributed by atoms with van der Waals surface area (Å²) in [5, 5.41) is 9.20. The quantitative estimate of drug-likeness (QED) is 0.479. The lowest BCUT2D eigenvalue weighted by molar-refractivity contribution is -0.139. The standard InChI is InChI=1S/C12H14O6S/c1-8(2)12(11(14)15,19(16,17)18)10(13)9-6-4-3-5-7-9/h3-8H,1-2H3,(H,14,15)(H,16,17,18)/t12-/m0/s1. The average molecular weight is 286 g/mol. The van der Waals surface area contributed by atoms with Gasteiger partial charge in [0, 0.05) is 5.56 Å². The van der Waals surface area contributed by atoms with Crippen molar-refractivity contribution in [2.75, 3.05) is 0 Å². The number of rotatable bonds is 5. The van der Waals surface area contributed by atoms with Gasteiger partial charge in [0.15, 0.2) is 5.78 Å². The van der Waals surface area contributed by atoms with Crippen molar-refractivity contribution in [1.82, 2.24) is 0 Å². The molecule has 0 bridgehead atoms. The normalized spacial score (nSPS) is 14.9. The van der Waals surface area contributed by atoms with Gasteiger partial charge in [-0.25, -0.2) is 4.79 Å². The molecule has 0 saturated heterocycles. The van der Waals surface area contributed by atoms with Crippen LogP contribution in [0.4, 0.5) is 0 Å². The molecule has 0 saturated carbocycles. The van der Waals surface area contributed by atoms with Gasteiger partial charge >= 0.3 is 5.97 Å². The van der Waals surface area contributed by atoms with Gasteiger partial charge in [0.2, 0.25) is 0 Å². The van der Waals surface area contributed by atoms with E-state index >= 15 is 0 Å². The fourth-order valence-corrected chi connectivity index (χ4v) is 3.10. The minimum atomic E-state index is -5.12. The highest BCUT2D eigenvalue weighted by molar-refractivity contribution is 7.89. The molecule has 6 nitrogen and oxygen atoms in total. The molecule has 1 aromatic carbocycles. The zero-order valence-corrected chi connectivity index (χ0v) is 11.2. The number of Topliss-reactive ketones (excluding diaryl/α,β-unsaturated/α-hetero) is 1. The van der Waals surface area contributed by atoms with E-state index in [-0.39, 0.29) is 5.56 Å². The molecule has 2 N–H and O–H groups in total. The molecule has 1 rings (SSSR count). The molecule has 0 aliphatic heterocycles. The monoisotopic (exact) mass is 286 g/mol. The van der Waals surface area contributed by atoms with Gasteiger partial charge in [-0.3, -0.25) is 9.35 Å². The Hall–Kier alpha value is -1.73. The van der Waals surface area contributed by atoms with Gasteiger partial charge in [-0.2, -0.15) is 8.42 Å². The van der Waals surface area contributed by atoms with Crippen LogP contribution in [0, 0.1) is 5.92 Å². The van der Waals surface area contributed by atoms with Crippen LogP contribution in [0.5, 0.6) is 0 Å². The molecule has 0 unspecified atom stereocenters. The third-order valence-corrected chi connectivity index (χ3v) is 4.56. The summed E-state index contributed by atoms with van der Waals surface area (Å²) in [5.41, 5.74) is -0.0868. The van der Waals surface area contributed by atoms with Crippen molar-refractivity contribution in [3.8, 4) is 0 Å². The number of carbonyl (C=O) groups excluding carboxylic acids is 1. The van der Waals surface area contributed by atoms with Crippen molar-refractivity contribution in [2.24, 2.45) is 5.92 Å². The third-order valence-electron chi connectivity index (χ3n) is 2.91. The summed E-state index contributed by atoms with van der Waals surface area (Å²) in [6.07, 6.45) is 0. The van der Waals surface area contributed by atoms with Crippen LogP contribution in [-0.4, -0.2) is 34.6 Å². The van der Waals surface area contributed by atoms with Crippen LogP contribution in [0.25, 0.3) is 0 Å². The molecule has 0 fully saturated rings. The predicted octanol–water partition coefficient (Wildman–Crippen LogP) is 1.24. The number of carbonyl (C=O) groups is 2. The maximum absolute atomic E-state index is 12.3. The number of carboxylic acid groups (broad SMARTS) is 1. The molecule has 0 amide bonds. The fraction of sp³-hybridized carbons (Fsp3) is 0.333. The van der Waals surface area contributed by atoms with Gasteiger partial charge in [-0.15, -0.1) is 0 Å². The lowest BCUT2D eigenvalue weighted by atomic mass is 9.87. The van der Waals surface area contributed by atoms with Crippen LogP contribution >= 0.6 is 0 Å². The molecule has 0 spiro atoms. The van der Waals surface area contributed by atoms with Gasteiger partial charge in [-0.1, -0.05) is 44.2 Å². The topological polar surface area (TPSA) is 109 Å². The third kappa shape index (κ3) is 2.39. The van der Waals surface area contributed by atoms with E-state index in [1.165, 1.54) is 38.1 Å². The van der Waals surface area contributed by atoms with Crippen LogP contribution in [0.15, 0.2) is 30.3 Å². The minimum Gasteiger partial charge on any atom is -0.480 e. The summed E-state index contributed by atoms with van der Waals surface area (Å²) in [5.74, 6) is -4.18. The van der Waals surface area contributed by atoms with Crippen LogP contribution in [0.3, 0.4) is 0 Å². The highest BCUT2D eigenvalue weighted by Crippen LogP contribution is 2.31. The van der Waals surface area contributed by atoms with Crippen molar-refractivity contribution in [3.05, 3.63) is 35.9 Å². The lowest BCUT2D eigenvalue weighted by Gasteiger charge is -2.28. The van der Waals surface area contributed by atoms with Crippen molar-refractivity contribution < 1.29 is 27.7 Å². The van der Waals surface area contributed by atoms with Gasteiger partial charge in [0.05, 0.1) is 0 Å². The van der Waals surface area contributed by atoms with Crippen molar-refractivity contribution in [2.45, 2.75) is 18.6 Å². The van der Waals surface area contributed by atoms with Gasteiger partial charge in [0.1, 0.15) is 0 Å². The summed E-state index contributed by atoms with van der Waals surface area (Å²) in [4.78, 5) is 23.6. The van der Waals surface area contributed by atoms with E-state index < -0.39 is 32.5 Å². The van der Waals surface area contributed by atoms with Crippen LogP contribution in [0.2, 0.25) is 0 Å². The van der Waals surface area contributed by atoms with E-state index in [0.29, 0.717) is 0 Å². The van der Waals surface area contributed by atoms with Crippen LogP contribution in [-0.2, 0) is 14.9 Å². The van der Waals surface area contributed by atoms with Gasteiger partial charge in [-0.05, 0) is 5.92 Å². The molecule has 1 atom stereocenters. The Kier molecular flexibility index (Phi) is 4.12. The average Bonchev–Trinajstić information content (AvgIpc) is 2.27. The van der Waals surface area contributed by atoms with E-state index in [1.807, 2.05) is 0 Å². The smallest absolute Gasteiger partial charge is 0.336 e.